The zero-order chi connectivity index (χ0) is 14.5. The minimum absolute atomic E-state index is 0.0694. The van der Waals surface area contributed by atoms with E-state index in [4.69, 9.17) is 5.26 Å². The van der Waals surface area contributed by atoms with Crippen molar-refractivity contribution in [2.75, 3.05) is 5.32 Å². The van der Waals surface area contributed by atoms with Gasteiger partial charge in [0.1, 0.15) is 0 Å². The van der Waals surface area contributed by atoms with Crippen molar-refractivity contribution in [1.29, 1.82) is 5.26 Å². The van der Waals surface area contributed by atoms with Crippen molar-refractivity contribution < 1.29 is 4.79 Å². The van der Waals surface area contributed by atoms with Crippen molar-refractivity contribution in [2.24, 2.45) is 0 Å². The van der Waals surface area contributed by atoms with Gasteiger partial charge in [-0.1, -0.05) is 6.07 Å². The Morgan fingerprint density at radius 3 is 2.90 bits per heavy atom. The molecule has 2 rings (SSSR count). The second-order valence-corrected chi connectivity index (χ2v) is 4.65. The summed E-state index contributed by atoms with van der Waals surface area (Å²) in [7, 11) is 0. The van der Waals surface area contributed by atoms with Crippen LogP contribution in [0.3, 0.4) is 0 Å². The van der Waals surface area contributed by atoms with Crippen molar-refractivity contribution in [3.63, 3.8) is 0 Å². The molecule has 2 aromatic rings. The number of aromatic nitrogens is 2. The van der Waals surface area contributed by atoms with E-state index < -0.39 is 0 Å². The number of carbonyl (C=O) groups excluding carboxylic acids is 1. The number of hydrogen-bond donors (Lipinski definition) is 2. The number of nitriles is 1. The molecule has 102 valence electrons. The summed E-state index contributed by atoms with van der Waals surface area (Å²) in [5, 5.41) is 18.6. The molecule has 1 aromatic heterocycles. The summed E-state index contributed by atoms with van der Waals surface area (Å²) in [5.41, 5.74) is 4.20. The zero-order valence-corrected chi connectivity index (χ0v) is 11.5. The van der Waals surface area contributed by atoms with Gasteiger partial charge in [0.2, 0.25) is 5.91 Å². The number of amides is 1. The number of hydrogen-bond acceptors (Lipinski definition) is 3. The standard InChI is InChI=1S/C15H16N4O/c1-10-14(11(2)19-18-10)6-7-15(20)17-13-5-3-4-12(8-13)9-16/h3-5,8H,6-7H2,1-2H3,(H,17,20)(H,18,19). The average Bonchev–Trinajstić information content (AvgIpc) is 2.76. The monoisotopic (exact) mass is 268 g/mol. The molecule has 1 aromatic carbocycles. The highest BCUT2D eigenvalue weighted by atomic mass is 16.1. The molecule has 0 unspecified atom stereocenters. The molecule has 0 spiro atoms. The topological polar surface area (TPSA) is 81.6 Å². The van der Waals surface area contributed by atoms with E-state index >= 15 is 0 Å². The highest BCUT2D eigenvalue weighted by molar-refractivity contribution is 5.91. The van der Waals surface area contributed by atoms with Gasteiger partial charge in [-0.2, -0.15) is 10.4 Å². The highest BCUT2D eigenvalue weighted by Gasteiger charge is 2.09. The van der Waals surface area contributed by atoms with Gasteiger partial charge in [0, 0.05) is 17.8 Å². The van der Waals surface area contributed by atoms with E-state index in [9.17, 15) is 4.79 Å². The van der Waals surface area contributed by atoms with Gasteiger partial charge < -0.3 is 5.32 Å². The van der Waals surface area contributed by atoms with Gasteiger partial charge in [-0.15, -0.1) is 0 Å². The molecule has 0 saturated heterocycles. The summed E-state index contributed by atoms with van der Waals surface area (Å²) >= 11 is 0. The van der Waals surface area contributed by atoms with Gasteiger partial charge in [0.15, 0.2) is 0 Å². The lowest BCUT2D eigenvalue weighted by Crippen LogP contribution is -2.12. The van der Waals surface area contributed by atoms with Crippen LogP contribution in [0.2, 0.25) is 0 Å². The SMILES string of the molecule is Cc1n[nH]c(C)c1CCC(=O)Nc1cccc(C#N)c1. The van der Waals surface area contributed by atoms with E-state index in [0.717, 1.165) is 17.0 Å². The molecular weight excluding hydrogens is 252 g/mol. The molecule has 0 radical (unpaired) electrons. The van der Waals surface area contributed by atoms with E-state index in [1.807, 2.05) is 19.9 Å². The van der Waals surface area contributed by atoms with Gasteiger partial charge >= 0.3 is 0 Å². The summed E-state index contributed by atoms with van der Waals surface area (Å²) < 4.78 is 0. The van der Waals surface area contributed by atoms with Gasteiger partial charge in [-0.25, -0.2) is 0 Å². The van der Waals surface area contributed by atoms with Crippen LogP contribution in [-0.2, 0) is 11.2 Å². The summed E-state index contributed by atoms with van der Waals surface area (Å²) in [5.74, 6) is -0.0694. The molecule has 0 atom stereocenters. The van der Waals surface area contributed by atoms with Gasteiger partial charge in [-0.05, 0) is 44.0 Å². The Morgan fingerprint density at radius 1 is 1.45 bits per heavy atom. The lowest BCUT2D eigenvalue weighted by Gasteiger charge is -2.05. The predicted molar refractivity (Wildman–Crippen MR) is 76.2 cm³/mol. The lowest BCUT2D eigenvalue weighted by molar-refractivity contribution is -0.116. The van der Waals surface area contributed by atoms with Gasteiger partial charge in [0.05, 0.1) is 17.3 Å². The maximum absolute atomic E-state index is 11.9. The second-order valence-electron chi connectivity index (χ2n) is 4.65. The third-order valence-corrected chi connectivity index (χ3v) is 3.16. The van der Waals surface area contributed by atoms with E-state index in [0.29, 0.717) is 24.1 Å². The van der Waals surface area contributed by atoms with Crippen molar-refractivity contribution >= 4 is 11.6 Å². The molecular formula is C15H16N4O. The first kappa shape index (κ1) is 13.8. The number of nitrogens with one attached hydrogen (secondary N) is 2. The first-order valence-electron chi connectivity index (χ1n) is 6.40. The number of aromatic amines is 1. The number of rotatable bonds is 4. The Balaban J connectivity index is 1.94. The van der Waals surface area contributed by atoms with Crippen molar-refractivity contribution in [1.82, 2.24) is 10.2 Å². The van der Waals surface area contributed by atoms with Gasteiger partial charge in [0.25, 0.3) is 0 Å². The third-order valence-electron chi connectivity index (χ3n) is 3.16. The molecule has 0 bridgehead atoms. The number of benzene rings is 1. The van der Waals surface area contributed by atoms with Crippen molar-refractivity contribution in [3.8, 4) is 6.07 Å². The smallest absolute Gasteiger partial charge is 0.224 e. The van der Waals surface area contributed by atoms with E-state index in [2.05, 4.69) is 15.5 Å². The Kier molecular flexibility index (Phi) is 4.16. The van der Waals surface area contributed by atoms with Crippen LogP contribution < -0.4 is 5.32 Å². The lowest BCUT2D eigenvalue weighted by atomic mass is 10.1. The van der Waals surface area contributed by atoms with E-state index in [-0.39, 0.29) is 5.91 Å². The normalized spacial score (nSPS) is 10.1. The molecule has 0 fully saturated rings. The Hall–Kier alpha value is -2.61. The largest absolute Gasteiger partial charge is 0.326 e. The number of aryl methyl sites for hydroxylation is 2. The summed E-state index contributed by atoms with van der Waals surface area (Å²) in [6.07, 6.45) is 1.04. The quantitative estimate of drug-likeness (QED) is 0.893. The molecule has 1 amide bonds. The fraction of sp³-hybridized carbons (Fsp3) is 0.267. The summed E-state index contributed by atoms with van der Waals surface area (Å²) in [6, 6.07) is 8.93. The molecule has 0 aliphatic rings. The molecule has 20 heavy (non-hydrogen) atoms. The molecule has 5 nitrogen and oxygen atoms in total. The van der Waals surface area contributed by atoms with E-state index in [1.54, 1.807) is 24.3 Å². The predicted octanol–water partition coefficient (Wildman–Crippen LogP) is 2.47. The highest BCUT2D eigenvalue weighted by Crippen LogP contribution is 2.14. The number of nitrogens with zero attached hydrogens (tertiary/aromatic N) is 2. The maximum atomic E-state index is 11.9. The van der Waals surface area contributed by atoms with Crippen LogP contribution in [0.4, 0.5) is 5.69 Å². The molecule has 2 N–H and O–H groups in total. The molecule has 1 heterocycles. The Morgan fingerprint density at radius 2 is 2.25 bits per heavy atom. The molecule has 0 aliphatic heterocycles. The minimum atomic E-state index is -0.0694. The fourth-order valence-electron chi connectivity index (χ4n) is 2.07. The number of H-pyrrole nitrogens is 1. The molecule has 0 saturated carbocycles. The van der Waals surface area contributed by atoms with Crippen LogP contribution in [0.25, 0.3) is 0 Å². The third kappa shape index (κ3) is 3.23. The van der Waals surface area contributed by atoms with Crippen molar-refractivity contribution in [3.05, 3.63) is 46.8 Å². The zero-order valence-electron chi connectivity index (χ0n) is 11.5. The average molecular weight is 268 g/mol. The minimum Gasteiger partial charge on any atom is -0.326 e. The van der Waals surface area contributed by atoms with Crippen LogP contribution in [0.5, 0.6) is 0 Å². The van der Waals surface area contributed by atoms with Crippen LogP contribution in [0.15, 0.2) is 24.3 Å². The van der Waals surface area contributed by atoms with Crippen LogP contribution >= 0.6 is 0 Å². The molecule has 5 heteroatoms. The molecule has 0 aliphatic carbocycles. The van der Waals surface area contributed by atoms with Crippen LogP contribution in [-0.4, -0.2) is 16.1 Å². The number of anilines is 1. The Bertz CT molecular complexity index is 647. The van der Waals surface area contributed by atoms with Crippen LogP contribution in [0, 0.1) is 25.2 Å². The first-order valence-corrected chi connectivity index (χ1v) is 6.40. The first-order chi connectivity index (χ1) is 9.60. The maximum Gasteiger partial charge on any atom is 0.224 e. The summed E-state index contributed by atoms with van der Waals surface area (Å²) in [6.45, 7) is 3.87. The van der Waals surface area contributed by atoms with E-state index in [1.165, 1.54) is 0 Å². The Labute approximate surface area is 117 Å². The summed E-state index contributed by atoms with van der Waals surface area (Å²) in [4.78, 5) is 11.9. The van der Waals surface area contributed by atoms with Crippen LogP contribution in [0.1, 0.15) is 28.9 Å². The van der Waals surface area contributed by atoms with Gasteiger partial charge in [-0.3, -0.25) is 9.89 Å². The second kappa shape index (κ2) is 6.02. The number of carbonyl (C=O) groups is 1. The van der Waals surface area contributed by atoms with Crippen molar-refractivity contribution in [2.45, 2.75) is 26.7 Å². The fourth-order valence-corrected chi connectivity index (χ4v) is 2.07.